The van der Waals surface area contributed by atoms with Gasteiger partial charge in [-0.1, -0.05) is 48.6 Å². The van der Waals surface area contributed by atoms with Crippen molar-refractivity contribution >= 4 is 6.08 Å². The number of allylic oxidation sites excluding steroid dienone is 1. The van der Waals surface area contributed by atoms with Gasteiger partial charge in [0.2, 0.25) is 0 Å². The van der Waals surface area contributed by atoms with Crippen LogP contribution in [0, 0.1) is 0 Å². The largest absolute Gasteiger partial charge is 0.504 e. The summed E-state index contributed by atoms with van der Waals surface area (Å²) in [6.07, 6.45) is 4.62. The number of phenols is 1. The molecule has 0 unspecified atom stereocenters. The van der Waals surface area contributed by atoms with Crippen LogP contribution in [0.1, 0.15) is 39.8 Å². The van der Waals surface area contributed by atoms with E-state index < -0.39 is 0 Å². The van der Waals surface area contributed by atoms with Gasteiger partial charge >= 0.3 is 0 Å². The highest BCUT2D eigenvalue weighted by atomic mass is 16.5. The first-order valence-corrected chi connectivity index (χ1v) is 12.7. The lowest BCUT2D eigenvalue weighted by molar-refractivity contribution is 0.213. The Morgan fingerprint density at radius 3 is 2.00 bits per heavy atom. The van der Waals surface area contributed by atoms with Crippen LogP contribution in [0.25, 0.3) is 6.08 Å². The third-order valence-electron chi connectivity index (χ3n) is 7.03. The summed E-state index contributed by atoms with van der Waals surface area (Å²) in [6, 6.07) is 25.6. The Balaban J connectivity index is 1.53. The van der Waals surface area contributed by atoms with Crippen molar-refractivity contribution in [2.75, 3.05) is 28.4 Å². The Morgan fingerprint density at radius 1 is 0.718 bits per heavy atom. The molecule has 200 valence electrons. The van der Waals surface area contributed by atoms with Gasteiger partial charge < -0.3 is 28.8 Å². The van der Waals surface area contributed by atoms with E-state index in [1.165, 1.54) is 0 Å². The predicted octanol–water partition coefficient (Wildman–Crippen LogP) is 6.95. The summed E-state index contributed by atoms with van der Waals surface area (Å²) < 4.78 is 28.5. The lowest BCUT2D eigenvalue weighted by Gasteiger charge is -2.21. The normalized spacial score (nSPS) is 16.0. The third kappa shape index (κ3) is 5.36. The lowest BCUT2D eigenvalue weighted by Crippen LogP contribution is -2.11. The van der Waals surface area contributed by atoms with Crippen molar-refractivity contribution in [3.05, 3.63) is 113 Å². The summed E-state index contributed by atoms with van der Waals surface area (Å²) in [5.41, 5.74) is 5.24. The SMILES string of the molecule is COc1ccc(/C=C/Cc2cc(OC)c3c(c2)[C@H](c2ccc(OC)cc2)[C@@H](c2ccc(O)c(OC)c2)O3)cc1. The van der Waals surface area contributed by atoms with Crippen LogP contribution in [0.4, 0.5) is 0 Å². The summed E-state index contributed by atoms with van der Waals surface area (Å²) in [5, 5.41) is 10.2. The van der Waals surface area contributed by atoms with Crippen LogP contribution in [-0.2, 0) is 6.42 Å². The van der Waals surface area contributed by atoms with Gasteiger partial charge in [0.15, 0.2) is 23.0 Å². The molecule has 0 spiro atoms. The van der Waals surface area contributed by atoms with Crippen LogP contribution < -0.4 is 23.7 Å². The number of rotatable bonds is 9. The third-order valence-corrected chi connectivity index (χ3v) is 7.03. The van der Waals surface area contributed by atoms with E-state index in [-0.39, 0.29) is 17.8 Å². The summed E-state index contributed by atoms with van der Waals surface area (Å²) in [6.45, 7) is 0. The maximum absolute atomic E-state index is 10.2. The van der Waals surface area contributed by atoms with Crippen molar-refractivity contribution in [2.45, 2.75) is 18.4 Å². The Bertz CT molecular complexity index is 1460. The second-order valence-electron chi connectivity index (χ2n) is 9.32. The molecule has 39 heavy (non-hydrogen) atoms. The summed E-state index contributed by atoms with van der Waals surface area (Å²) in [7, 11) is 6.52. The fourth-order valence-corrected chi connectivity index (χ4v) is 5.01. The maximum Gasteiger partial charge on any atom is 0.166 e. The van der Waals surface area contributed by atoms with Crippen LogP contribution in [0.5, 0.6) is 34.5 Å². The van der Waals surface area contributed by atoms with Crippen molar-refractivity contribution in [1.82, 2.24) is 0 Å². The minimum Gasteiger partial charge on any atom is -0.504 e. The number of hydrogen-bond acceptors (Lipinski definition) is 6. The van der Waals surface area contributed by atoms with Crippen molar-refractivity contribution in [2.24, 2.45) is 0 Å². The van der Waals surface area contributed by atoms with Crippen LogP contribution >= 0.6 is 0 Å². The molecule has 0 fully saturated rings. The van der Waals surface area contributed by atoms with Crippen molar-refractivity contribution in [3.63, 3.8) is 0 Å². The molecule has 1 aliphatic rings. The number of methoxy groups -OCH3 is 4. The van der Waals surface area contributed by atoms with Gasteiger partial charge in [-0.25, -0.2) is 0 Å². The topological polar surface area (TPSA) is 66.4 Å². The van der Waals surface area contributed by atoms with E-state index in [1.54, 1.807) is 34.5 Å². The molecule has 1 aliphatic heterocycles. The zero-order chi connectivity index (χ0) is 27.4. The molecule has 4 aromatic rings. The first kappa shape index (κ1) is 26.0. The number of hydrogen-bond donors (Lipinski definition) is 1. The Hall–Kier alpha value is -4.58. The average molecular weight is 525 g/mol. The van der Waals surface area contributed by atoms with E-state index in [2.05, 4.69) is 30.4 Å². The van der Waals surface area contributed by atoms with Gasteiger partial charge in [-0.05, 0) is 71.1 Å². The minimum atomic E-state index is -0.345. The smallest absolute Gasteiger partial charge is 0.166 e. The lowest BCUT2D eigenvalue weighted by atomic mass is 9.84. The fraction of sp³-hybridized carbons (Fsp3) is 0.212. The van der Waals surface area contributed by atoms with Crippen LogP contribution in [0.15, 0.2) is 84.9 Å². The molecule has 0 aromatic heterocycles. The van der Waals surface area contributed by atoms with E-state index in [9.17, 15) is 5.11 Å². The Labute approximate surface area is 229 Å². The van der Waals surface area contributed by atoms with E-state index >= 15 is 0 Å². The molecule has 0 amide bonds. The number of fused-ring (bicyclic) bond motifs is 1. The highest BCUT2D eigenvalue weighted by molar-refractivity contribution is 5.59. The van der Waals surface area contributed by atoms with Crippen molar-refractivity contribution in [1.29, 1.82) is 0 Å². The van der Waals surface area contributed by atoms with E-state index in [1.807, 2.05) is 54.6 Å². The number of benzene rings is 4. The molecule has 4 aromatic carbocycles. The monoisotopic (exact) mass is 524 g/mol. The standard InChI is InChI=1S/C33H32O6/c1-35-25-13-8-21(9-14-25)6-5-7-22-18-27-31(23-10-15-26(36-2)16-11-23)32(39-33(27)30(19-22)38-4)24-12-17-28(34)29(20-24)37-3/h5-6,8-20,31-32,34H,7H2,1-4H3/b6-5+/t31-,32+/m0/s1. The van der Waals surface area contributed by atoms with Gasteiger partial charge in [-0.2, -0.15) is 0 Å². The first-order valence-electron chi connectivity index (χ1n) is 12.7. The quantitative estimate of drug-likeness (QED) is 0.256. The van der Waals surface area contributed by atoms with E-state index in [4.69, 9.17) is 23.7 Å². The number of ether oxygens (including phenoxy) is 5. The zero-order valence-corrected chi connectivity index (χ0v) is 22.5. The van der Waals surface area contributed by atoms with Gasteiger partial charge in [-0.3, -0.25) is 0 Å². The number of aromatic hydroxyl groups is 1. The van der Waals surface area contributed by atoms with Gasteiger partial charge in [0.1, 0.15) is 17.6 Å². The molecule has 0 saturated carbocycles. The Morgan fingerprint density at radius 2 is 1.36 bits per heavy atom. The van der Waals surface area contributed by atoms with Gasteiger partial charge in [-0.15, -0.1) is 0 Å². The molecule has 0 bridgehead atoms. The first-order chi connectivity index (χ1) is 19.0. The summed E-state index contributed by atoms with van der Waals surface area (Å²) in [5.74, 6) is 3.40. The van der Waals surface area contributed by atoms with Crippen LogP contribution in [0.3, 0.4) is 0 Å². The summed E-state index contributed by atoms with van der Waals surface area (Å²) in [4.78, 5) is 0. The van der Waals surface area contributed by atoms with E-state index in [0.717, 1.165) is 51.5 Å². The van der Waals surface area contributed by atoms with E-state index in [0.29, 0.717) is 11.5 Å². The van der Waals surface area contributed by atoms with Crippen LogP contribution in [-0.4, -0.2) is 33.5 Å². The molecule has 5 rings (SSSR count). The van der Waals surface area contributed by atoms with Gasteiger partial charge in [0.05, 0.1) is 34.4 Å². The van der Waals surface area contributed by atoms with Gasteiger partial charge in [0, 0.05) is 5.56 Å². The molecule has 6 nitrogen and oxygen atoms in total. The highest BCUT2D eigenvalue weighted by Gasteiger charge is 2.39. The average Bonchev–Trinajstić information content (AvgIpc) is 3.37. The number of phenolic OH excluding ortho intramolecular Hbond substituents is 1. The molecular formula is C33H32O6. The molecule has 6 heteroatoms. The van der Waals surface area contributed by atoms with Gasteiger partial charge in [0.25, 0.3) is 0 Å². The molecule has 0 aliphatic carbocycles. The van der Waals surface area contributed by atoms with Crippen LogP contribution in [0.2, 0.25) is 0 Å². The molecule has 1 heterocycles. The maximum atomic E-state index is 10.2. The molecule has 0 saturated heterocycles. The fourth-order valence-electron chi connectivity index (χ4n) is 5.01. The second kappa shape index (κ2) is 11.4. The molecule has 1 N–H and O–H groups in total. The van der Waals surface area contributed by atoms with Crippen molar-refractivity contribution < 1.29 is 28.8 Å². The molecular weight excluding hydrogens is 492 g/mol. The minimum absolute atomic E-state index is 0.0845. The molecule has 2 atom stereocenters. The van der Waals surface area contributed by atoms with Crippen molar-refractivity contribution in [3.8, 4) is 34.5 Å². The molecule has 0 radical (unpaired) electrons. The highest BCUT2D eigenvalue weighted by Crippen LogP contribution is 2.54. The Kier molecular flexibility index (Phi) is 7.64. The second-order valence-corrected chi connectivity index (χ2v) is 9.32. The predicted molar refractivity (Wildman–Crippen MR) is 152 cm³/mol. The summed E-state index contributed by atoms with van der Waals surface area (Å²) >= 11 is 0. The zero-order valence-electron chi connectivity index (χ0n) is 22.5.